The van der Waals surface area contributed by atoms with Crippen molar-refractivity contribution < 1.29 is 4.79 Å². The third kappa shape index (κ3) is 2.46. The van der Waals surface area contributed by atoms with Crippen LogP contribution in [-0.4, -0.2) is 5.91 Å². The normalized spacial score (nSPS) is 20.3. The lowest BCUT2D eigenvalue weighted by molar-refractivity contribution is -0.122. The van der Waals surface area contributed by atoms with Gasteiger partial charge in [0.1, 0.15) is 0 Å². The van der Waals surface area contributed by atoms with Gasteiger partial charge in [0.15, 0.2) is 0 Å². The van der Waals surface area contributed by atoms with Crippen LogP contribution in [0.1, 0.15) is 60.4 Å². The van der Waals surface area contributed by atoms with Crippen LogP contribution >= 0.6 is 0 Å². The van der Waals surface area contributed by atoms with Gasteiger partial charge in [0, 0.05) is 0 Å². The van der Waals surface area contributed by atoms with Crippen molar-refractivity contribution in [2.75, 3.05) is 0 Å². The summed E-state index contributed by atoms with van der Waals surface area (Å²) in [6.45, 7) is 6.45. The quantitative estimate of drug-likeness (QED) is 0.906. The molecule has 23 heavy (non-hydrogen) atoms. The van der Waals surface area contributed by atoms with Crippen molar-refractivity contribution in [1.29, 1.82) is 0 Å². The fraction of sp³-hybridized carbons (Fsp3) is 0.381. The van der Waals surface area contributed by atoms with Crippen LogP contribution in [0.15, 0.2) is 42.5 Å². The number of carbonyl (C=O) groups excluding carboxylic acids is 1. The molecular formula is C21H25NO. The lowest BCUT2D eigenvalue weighted by atomic mass is 9.64. The third-order valence-corrected chi connectivity index (χ3v) is 5.27. The standard InChI is InChI=1S/C21H25NO/c1-14(2)16-9-11-18(12-10-16)21(20(22)23)13-5-8-17-7-4-6-15(3)19(17)21/h4,6-7,9-12,14H,5,8,13H2,1-3H3,(H2,22,23). The van der Waals surface area contributed by atoms with E-state index < -0.39 is 5.41 Å². The van der Waals surface area contributed by atoms with Gasteiger partial charge < -0.3 is 5.73 Å². The first kappa shape index (κ1) is 15.8. The number of carbonyl (C=O) groups is 1. The number of benzene rings is 2. The molecule has 0 spiro atoms. The van der Waals surface area contributed by atoms with Gasteiger partial charge in [-0.3, -0.25) is 4.79 Å². The number of fused-ring (bicyclic) bond motifs is 1. The van der Waals surface area contributed by atoms with Gasteiger partial charge >= 0.3 is 0 Å². The van der Waals surface area contributed by atoms with E-state index in [-0.39, 0.29) is 5.91 Å². The molecule has 0 aliphatic heterocycles. The first-order chi connectivity index (χ1) is 11.0. The summed E-state index contributed by atoms with van der Waals surface area (Å²) in [5.74, 6) is 0.249. The maximum Gasteiger partial charge on any atom is 0.232 e. The van der Waals surface area contributed by atoms with Crippen LogP contribution in [0.2, 0.25) is 0 Å². The van der Waals surface area contributed by atoms with Crippen molar-refractivity contribution >= 4 is 5.91 Å². The third-order valence-electron chi connectivity index (χ3n) is 5.27. The molecule has 2 nitrogen and oxygen atoms in total. The smallest absolute Gasteiger partial charge is 0.232 e. The van der Waals surface area contributed by atoms with Gasteiger partial charge in [-0.1, -0.05) is 56.3 Å². The lowest BCUT2D eigenvalue weighted by Crippen LogP contribution is -2.45. The van der Waals surface area contributed by atoms with Crippen molar-refractivity contribution in [1.82, 2.24) is 0 Å². The number of amides is 1. The highest BCUT2D eigenvalue weighted by atomic mass is 16.1. The Bertz CT molecular complexity index is 730. The van der Waals surface area contributed by atoms with E-state index in [0.29, 0.717) is 5.92 Å². The minimum Gasteiger partial charge on any atom is -0.369 e. The molecule has 2 aromatic rings. The first-order valence-corrected chi connectivity index (χ1v) is 8.46. The highest BCUT2D eigenvalue weighted by molar-refractivity contribution is 5.92. The summed E-state index contributed by atoms with van der Waals surface area (Å²) in [6, 6.07) is 14.8. The van der Waals surface area contributed by atoms with Crippen molar-refractivity contribution in [2.24, 2.45) is 5.73 Å². The Kier molecular flexibility index (Phi) is 4.01. The molecule has 0 radical (unpaired) electrons. The minimum absolute atomic E-state index is 0.231. The van der Waals surface area contributed by atoms with Crippen LogP contribution in [0.4, 0.5) is 0 Å². The summed E-state index contributed by atoms with van der Waals surface area (Å²) in [5, 5.41) is 0. The number of primary amides is 1. The average Bonchev–Trinajstić information content (AvgIpc) is 2.54. The molecule has 0 saturated carbocycles. The number of aryl methyl sites for hydroxylation is 2. The fourth-order valence-electron chi connectivity index (χ4n) is 4.05. The summed E-state index contributed by atoms with van der Waals surface area (Å²) in [5.41, 5.74) is 11.2. The van der Waals surface area contributed by atoms with E-state index in [9.17, 15) is 4.79 Å². The highest BCUT2D eigenvalue weighted by Gasteiger charge is 2.44. The second-order valence-electron chi connectivity index (χ2n) is 7.01. The van der Waals surface area contributed by atoms with Crippen LogP contribution in [0.3, 0.4) is 0 Å². The van der Waals surface area contributed by atoms with Gasteiger partial charge in [-0.15, -0.1) is 0 Å². The van der Waals surface area contributed by atoms with E-state index in [1.54, 1.807) is 0 Å². The zero-order chi connectivity index (χ0) is 16.6. The van der Waals surface area contributed by atoms with Gasteiger partial charge in [0.25, 0.3) is 0 Å². The largest absolute Gasteiger partial charge is 0.369 e. The summed E-state index contributed by atoms with van der Waals surface area (Å²) < 4.78 is 0. The predicted molar refractivity (Wildman–Crippen MR) is 94.6 cm³/mol. The van der Waals surface area contributed by atoms with Crippen molar-refractivity contribution in [3.63, 3.8) is 0 Å². The molecule has 0 heterocycles. The first-order valence-electron chi connectivity index (χ1n) is 8.46. The zero-order valence-corrected chi connectivity index (χ0v) is 14.2. The molecule has 2 aromatic carbocycles. The van der Waals surface area contributed by atoms with E-state index in [1.165, 1.54) is 11.1 Å². The van der Waals surface area contributed by atoms with E-state index in [4.69, 9.17) is 5.73 Å². The molecular weight excluding hydrogens is 282 g/mol. The van der Waals surface area contributed by atoms with Gasteiger partial charge in [0.2, 0.25) is 5.91 Å². The van der Waals surface area contributed by atoms with Gasteiger partial charge in [-0.25, -0.2) is 0 Å². The Morgan fingerprint density at radius 1 is 1.13 bits per heavy atom. The number of hydrogen-bond acceptors (Lipinski definition) is 1. The molecule has 1 unspecified atom stereocenters. The molecule has 120 valence electrons. The SMILES string of the molecule is Cc1cccc2c1C(C(N)=O)(c1ccc(C(C)C)cc1)CCC2. The Morgan fingerprint density at radius 3 is 2.43 bits per heavy atom. The molecule has 3 rings (SSSR count). The van der Waals surface area contributed by atoms with Crippen LogP contribution in [0.25, 0.3) is 0 Å². The molecule has 0 aromatic heterocycles. The molecule has 1 atom stereocenters. The van der Waals surface area contributed by atoms with Crippen LogP contribution in [0.5, 0.6) is 0 Å². The Balaban J connectivity index is 2.22. The number of rotatable bonds is 3. The average molecular weight is 307 g/mol. The Labute approximate surface area is 138 Å². The van der Waals surface area contributed by atoms with E-state index in [2.05, 4.69) is 63.2 Å². The molecule has 1 aliphatic carbocycles. The molecule has 0 saturated heterocycles. The second-order valence-corrected chi connectivity index (χ2v) is 7.01. The Hall–Kier alpha value is -2.09. The molecule has 1 amide bonds. The molecule has 0 fully saturated rings. The summed E-state index contributed by atoms with van der Waals surface area (Å²) in [4.78, 5) is 12.6. The summed E-state index contributed by atoms with van der Waals surface area (Å²) >= 11 is 0. The Morgan fingerprint density at radius 2 is 1.83 bits per heavy atom. The lowest BCUT2D eigenvalue weighted by Gasteiger charge is -2.38. The van der Waals surface area contributed by atoms with Crippen molar-refractivity contribution in [3.8, 4) is 0 Å². The highest BCUT2D eigenvalue weighted by Crippen LogP contribution is 2.44. The van der Waals surface area contributed by atoms with E-state index >= 15 is 0 Å². The minimum atomic E-state index is -0.686. The molecule has 2 heteroatoms. The summed E-state index contributed by atoms with van der Waals surface area (Å²) in [6.07, 6.45) is 2.81. The second kappa shape index (κ2) is 5.84. The van der Waals surface area contributed by atoms with Crippen LogP contribution in [0, 0.1) is 6.92 Å². The van der Waals surface area contributed by atoms with E-state index in [1.807, 2.05) is 0 Å². The number of hydrogen-bond donors (Lipinski definition) is 1. The maximum absolute atomic E-state index is 12.6. The molecule has 1 aliphatic rings. The fourth-order valence-corrected chi connectivity index (χ4v) is 4.05. The molecule has 2 N–H and O–H groups in total. The molecule has 0 bridgehead atoms. The maximum atomic E-state index is 12.6. The van der Waals surface area contributed by atoms with Crippen molar-refractivity contribution in [3.05, 3.63) is 70.3 Å². The van der Waals surface area contributed by atoms with Crippen molar-refractivity contribution in [2.45, 2.75) is 51.4 Å². The topological polar surface area (TPSA) is 43.1 Å². The van der Waals surface area contributed by atoms with Gasteiger partial charge in [-0.05, 0) is 59.9 Å². The van der Waals surface area contributed by atoms with Gasteiger partial charge in [-0.2, -0.15) is 0 Å². The van der Waals surface area contributed by atoms with Gasteiger partial charge in [0.05, 0.1) is 5.41 Å². The summed E-state index contributed by atoms with van der Waals surface area (Å²) in [7, 11) is 0. The number of nitrogens with two attached hydrogens (primary N) is 1. The van der Waals surface area contributed by atoms with Crippen LogP contribution in [-0.2, 0) is 16.6 Å². The predicted octanol–water partition coefficient (Wildman–Crippen LogP) is 4.23. The zero-order valence-electron chi connectivity index (χ0n) is 14.2. The monoisotopic (exact) mass is 307 g/mol. The van der Waals surface area contributed by atoms with E-state index in [0.717, 1.165) is 36.0 Å². The van der Waals surface area contributed by atoms with Crippen LogP contribution < -0.4 is 5.73 Å².